The minimum absolute atomic E-state index is 0.0257. The van der Waals surface area contributed by atoms with Crippen molar-refractivity contribution in [2.75, 3.05) is 19.9 Å². The summed E-state index contributed by atoms with van der Waals surface area (Å²) in [5.41, 5.74) is 6.23. The average molecular weight is 577 g/mol. The third-order valence-corrected chi connectivity index (χ3v) is 12.0. The minimum atomic E-state index is -0.948. The number of hydrogen-bond acceptors (Lipinski definition) is 11. The van der Waals surface area contributed by atoms with E-state index in [0.29, 0.717) is 50.2 Å². The fraction of sp³-hybridized carbons (Fsp3) is 1.00. The molecule has 11 heteroatoms. The van der Waals surface area contributed by atoms with E-state index in [9.17, 15) is 10.2 Å². The Morgan fingerprint density at radius 2 is 1.73 bits per heavy atom. The summed E-state index contributed by atoms with van der Waals surface area (Å²) in [5.74, 6) is 2.76. The first kappa shape index (κ1) is 29.3. The van der Waals surface area contributed by atoms with E-state index in [1.807, 2.05) is 0 Å². The van der Waals surface area contributed by atoms with Crippen molar-refractivity contribution in [3.63, 3.8) is 0 Å². The highest BCUT2D eigenvalue weighted by molar-refractivity contribution is 5.03. The van der Waals surface area contributed by atoms with Gasteiger partial charge < -0.3 is 20.7 Å². The van der Waals surface area contributed by atoms with E-state index in [4.69, 9.17) is 10.5 Å². The van der Waals surface area contributed by atoms with Crippen LogP contribution in [0.15, 0.2) is 0 Å². The molecule has 41 heavy (non-hydrogen) atoms. The highest BCUT2D eigenvalue weighted by Gasteiger charge is 2.52. The molecule has 7 unspecified atom stereocenters. The van der Waals surface area contributed by atoms with Crippen LogP contribution >= 0.6 is 0 Å². The Bertz CT molecular complexity index is 890. The molecule has 4 saturated heterocycles. The van der Waals surface area contributed by atoms with Crippen LogP contribution in [-0.2, 0) is 4.74 Å². The number of nitrogens with zero attached hydrogens (tertiary/aromatic N) is 2. The maximum Gasteiger partial charge on any atom is 0.142 e. The van der Waals surface area contributed by atoms with Gasteiger partial charge in [-0.05, 0) is 76.5 Å². The molecule has 4 aliphatic heterocycles. The Hall–Kier alpha value is -0.440. The molecule has 0 bridgehead atoms. The smallest absolute Gasteiger partial charge is 0.142 e. The normalized spacial score (nSPS) is 48.8. The third kappa shape index (κ3) is 5.75. The Balaban J connectivity index is 0.870. The zero-order valence-corrected chi connectivity index (χ0v) is 25.1. The first-order valence-electron chi connectivity index (χ1n) is 16.9. The zero-order valence-electron chi connectivity index (χ0n) is 25.1. The summed E-state index contributed by atoms with van der Waals surface area (Å²) in [6.45, 7) is 6.29. The van der Waals surface area contributed by atoms with E-state index < -0.39 is 24.5 Å². The molecular weight excluding hydrogens is 520 g/mol. The highest BCUT2D eigenvalue weighted by Crippen LogP contribution is 2.43. The molecule has 0 amide bonds. The van der Waals surface area contributed by atoms with E-state index in [0.717, 1.165) is 17.8 Å². The zero-order chi connectivity index (χ0) is 28.2. The number of aliphatic hydroxyl groups is 2. The molecule has 11 atom stereocenters. The van der Waals surface area contributed by atoms with Gasteiger partial charge >= 0.3 is 0 Å². The molecule has 0 aromatic rings. The Morgan fingerprint density at radius 3 is 2.49 bits per heavy atom. The summed E-state index contributed by atoms with van der Waals surface area (Å²) < 4.78 is 6.40. The summed E-state index contributed by atoms with van der Waals surface area (Å²) in [4.78, 5) is 4.58. The van der Waals surface area contributed by atoms with Crippen LogP contribution in [0.2, 0.25) is 0 Å². The van der Waals surface area contributed by atoms with Crippen molar-refractivity contribution < 1.29 is 14.9 Å². The van der Waals surface area contributed by atoms with Gasteiger partial charge in [0.15, 0.2) is 0 Å². The van der Waals surface area contributed by atoms with Crippen LogP contribution < -0.4 is 32.3 Å². The molecule has 7 rings (SSSR count). The molecule has 0 spiro atoms. The van der Waals surface area contributed by atoms with Crippen LogP contribution in [0.1, 0.15) is 78.1 Å². The lowest BCUT2D eigenvalue weighted by atomic mass is 9.68. The Morgan fingerprint density at radius 1 is 0.927 bits per heavy atom. The van der Waals surface area contributed by atoms with Crippen molar-refractivity contribution >= 4 is 0 Å². The third-order valence-electron chi connectivity index (χ3n) is 12.0. The molecule has 9 N–H and O–H groups in total. The van der Waals surface area contributed by atoms with E-state index >= 15 is 0 Å². The Labute approximate surface area is 246 Å². The second-order valence-corrected chi connectivity index (χ2v) is 14.7. The molecule has 0 aromatic heterocycles. The maximum absolute atomic E-state index is 11.0. The molecule has 0 aromatic carbocycles. The molecule has 4 heterocycles. The van der Waals surface area contributed by atoms with Crippen LogP contribution in [0.5, 0.6) is 0 Å². The summed E-state index contributed by atoms with van der Waals surface area (Å²) in [6.07, 6.45) is 10.9. The van der Waals surface area contributed by atoms with Crippen molar-refractivity contribution in [3.8, 4) is 0 Å². The summed E-state index contributed by atoms with van der Waals surface area (Å²) in [6, 6.07) is 2.27. The number of nitrogens with one attached hydrogen (secondary N) is 5. The quantitative estimate of drug-likeness (QED) is 0.181. The van der Waals surface area contributed by atoms with Gasteiger partial charge in [-0.3, -0.25) is 31.5 Å². The van der Waals surface area contributed by atoms with Gasteiger partial charge in [0.2, 0.25) is 0 Å². The molecule has 234 valence electrons. The largest absolute Gasteiger partial charge is 0.387 e. The van der Waals surface area contributed by atoms with Gasteiger partial charge in [-0.25, -0.2) is 4.90 Å². The van der Waals surface area contributed by atoms with E-state index in [1.165, 1.54) is 64.2 Å². The number of rotatable bonds is 9. The number of hydrogen-bond donors (Lipinski definition) is 8. The van der Waals surface area contributed by atoms with Crippen molar-refractivity contribution in [1.82, 2.24) is 36.4 Å². The van der Waals surface area contributed by atoms with E-state index in [1.54, 1.807) is 0 Å². The number of ether oxygens (including phenoxy) is 1. The van der Waals surface area contributed by atoms with Crippen molar-refractivity contribution in [2.24, 2.45) is 23.5 Å². The Kier molecular flexibility index (Phi) is 8.68. The lowest BCUT2D eigenvalue weighted by Crippen LogP contribution is -2.68. The van der Waals surface area contributed by atoms with Gasteiger partial charge in [0.25, 0.3) is 0 Å². The van der Waals surface area contributed by atoms with Gasteiger partial charge in [0.05, 0.1) is 31.2 Å². The molecule has 3 aliphatic carbocycles. The summed E-state index contributed by atoms with van der Waals surface area (Å²) >= 11 is 0. The second-order valence-electron chi connectivity index (χ2n) is 14.7. The van der Waals surface area contributed by atoms with Crippen LogP contribution in [0.4, 0.5) is 0 Å². The molecule has 7 fully saturated rings. The van der Waals surface area contributed by atoms with Crippen LogP contribution in [0.25, 0.3) is 0 Å². The molecule has 11 nitrogen and oxygen atoms in total. The van der Waals surface area contributed by atoms with Crippen molar-refractivity contribution in [3.05, 3.63) is 0 Å². The predicted molar refractivity (Wildman–Crippen MR) is 157 cm³/mol. The fourth-order valence-corrected chi connectivity index (χ4v) is 9.26. The van der Waals surface area contributed by atoms with Crippen LogP contribution in [-0.4, -0.2) is 113 Å². The number of aliphatic hydroxyl groups excluding tert-OH is 2. The molecule has 0 radical (unpaired) electrons. The minimum Gasteiger partial charge on any atom is -0.387 e. The topological polar surface area (TPSA) is 142 Å². The van der Waals surface area contributed by atoms with E-state index in [-0.39, 0.29) is 18.4 Å². The monoisotopic (exact) mass is 576 g/mol. The fourth-order valence-electron chi connectivity index (χ4n) is 9.26. The van der Waals surface area contributed by atoms with E-state index in [2.05, 4.69) is 50.2 Å². The van der Waals surface area contributed by atoms with Gasteiger partial charge in [0.1, 0.15) is 24.5 Å². The second kappa shape index (κ2) is 12.2. The number of fused-ring (bicyclic) bond motifs is 2. The summed E-state index contributed by atoms with van der Waals surface area (Å²) in [5, 5.41) is 40.0. The molecular formula is C30H56N8O3. The van der Waals surface area contributed by atoms with Crippen LogP contribution in [0.3, 0.4) is 0 Å². The van der Waals surface area contributed by atoms with Crippen LogP contribution in [0, 0.1) is 17.8 Å². The van der Waals surface area contributed by atoms with Gasteiger partial charge in [-0.2, -0.15) is 0 Å². The summed E-state index contributed by atoms with van der Waals surface area (Å²) in [7, 11) is 0. The first-order valence-corrected chi connectivity index (χ1v) is 16.9. The van der Waals surface area contributed by atoms with Crippen molar-refractivity contribution in [2.45, 2.75) is 151 Å². The lowest BCUT2D eigenvalue weighted by Gasteiger charge is -2.46. The molecule has 7 aliphatic rings. The average Bonchev–Trinajstić information content (AvgIpc) is 3.58. The van der Waals surface area contributed by atoms with Gasteiger partial charge in [0, 0.05) is 37.4 Å². The standard InChI is InChI=1S/C30H56N8O3/c1-16(2)37(13-23-26(39)27(40)30(41-23)38-15-34-25-28(31)32-14-33-29(25)38)20-10-17(11-20)6-9-24-35-21-8-7-19(12-22(21)36-24)18-4-3-5-18/h16-30,32-36,39-40H,3-15,31H2,1-2H3/t17?,19?,20?,21?,22?,23-,24?,25?,26-,27-,28?,29?,30-/m1/s1. The highest BCUT2D eigenvalue weighted by atomic mass is 16.6. The number of nitrogens with two attached hydrogens (primary N) is 1. The molecule has 3 saturated carbocycles. The maximum atomic E-state index is 11.0. The van der Waals surface area contributed by atoms with Crippen molar-refractivity contribution in [1.29, 1.82) is 0 Å². The SMILES string of the molecule is CC(C)N(C[C@H]1O[C@@H](N2CNC3C(N)NCNC32)[C@H](O)[C@@H]1O)C1CC(CCC2NC3CCC(C4CCC4)CC3N2)C1. The first-order chi connectivity index (χ1) is 19.9. The predicted octanol–water partition coefficient (Wildman–Crippen LogP) is -0.449. The lowest BCUT2D eigenvalue weighted by molar-refractivity contribution is -0.112. The van der Waals surface area contributed by atoms with Gasteiger partial charge in [-0.1, -0.05) is 19.3 Å². The van der Waals surface area contributed by atoms with Gasteiger partial charge in [-0.15, -0.1) is 0 Å².